The van der Waals surface area contributed by atoms with Gasteiger partial charge in [-0.1, -0.05) is 6.08 Å². The highest BCUT2D eigenvalue weighted by Crippen LogP contribution is 2.04. The summed E-state index contributed by atoms with van der Waals surface area (Å²) in [5.41, 5.74) is 0.124. The third-order valence-electron chi connectivity index (χ3n) is 1.72. The first-order valence-electron chi connectivity index (χ1n) is 5.09. The molecule has 0 aromatic heterocycles. The highest BCUT2D eigenvalue weighted by molar-refractivity contribution is 6.02. The Morgan fingerprint density at radius 1 is 1.25 bits per heavy atom. The summed E-state index contributed by atoms with van der Waals surface area (Å²) in [6.45, 7) is 5.38. The van der Waals surface area contributed by atoms with Crippen molar-refractivity contribution in [2.24, 2.45) is 5.92 Å². The number of carbonyl (C=O) groups is 2. The van der Waals surface area contributed by atoms with Gasteiger partial charge in [0.1, 0.15) is 5.92 Å². The van der Waals surface area contributed by atoms with E-state index >= 15 is 0 Å². The molecule has 0 heterocycles. The third-order valence-corrected chi connectivity index (χ3v) is 1.72. The summed E-state index contributed by atoms with van der Waals surface area (Å²) in [6, 6.07) is 0. The minimum atomic E-state index is -0.815. The van der Waals surface area contributed by atoms with Crippen molar-refractivity contribution in [3.8, 4) is 0 Å². The van der Waals surface area contributed by atoms with Gasteiger partial charge in [-0.3, -0.25) is 4.79 Å². The monoisotopic (exact) mass is 227 g/mol. The average Bonchev–Trinajstić information content (AvgIpc) is 2.18. The van der Waals surface area contributed by atoms with E-state index in [1.165, 1.54) is 13.0 Å². The Kier molecular flexibility index (Phi) is 6.83. The molecule has 0 aliphatic carbocycles. The van der Waals surface area contributed by atoms with Crippen molar-refractivity contribution in [3.05, 3.63) is 12.2 Å². The molecule has 0 spiro atoms. The molecule has 0 saturated carbocycles. The fourth-order valence-electron chi connectivity index (χ4n) is 0.997. The van der Waals surface area contributed by atoms with E-state index in [-0.39, 0.29) is 18.9 Å². The maximum Gasteiger partial charge on any atom is 0.330 e. The van der Waals surface area contributed by atoms with E-state index in [4.69, 9.17) is 10.1 Å². The lowest BCUT2D eigenvalue weighted by Gasteiger charge is -2.09. The van der Waals surface area contributed by atoms with Gasteiger partial charge in [0.05, 0.1) is 13.2 Å². The van der Waals surface area contributed by atoms with E-state index in [1.807, 2.05) is 0 Å². The topological polar surface area (TPSA) is 76.5 Å². The Bertz CT molecular complexity index is 296. The Morgan fingerprint density at radius 3 is 2.25 bits per heavy atom. The lowest BCUT2D eigenvalue weighted by atomic mass is 10.0. The van der Waals surface area contributed by atoms with Crippen LogP contribution in [0.25, 0.3) is 0 Å². The average molecular weight is 227 g/mol. The fourth-order valence-corrected chi connectivity index (χ4v) is 0.997. The van der Waals surface area contributed by atoms with Crippen molar-refractivity contribution in [3.63, 3.8) is 0 Å². The summed E-state index contributed by atoms with van der Waals surface area (Å²) >= 11 is 0. The molecule has 0 aliphatic heterocycles. The van der Waals surface area contributed by atoms with Gasteiger partial charge in [0.15, 0.2) is 0 Å². The van der Waals surface area contributed by atoms with E-state index in [0.717, 1.165) is 6.08 Å². The van der Waals surface area contributed by atoms with Gasteiger partial charge in [-0.15, -0.1) is 0 Å². The number of nitrogens with one attached hydrogen (secondary N) is 1. The SMILES string of the molecule is CCOC(=O)C=CC(C(C)=N)C(=O)OCC. The van der Waals surface area contributed by atoms with Crippen molar-refractivity contribution in [2.75, 3.05) is 13.2 Å². The van der Waals surface area contributed by atoms with Gasteiger partial charge in [0.2, 0.25) is 0 Å². The summed E-state index contributed by atoms with van der Waals surface area (Å²) in [5.74, 6) is -1.88. The van der Waals surface area contributed by atoms with Gasteiger partial charge >= 0.3 is 11.9 Å². The van der Waals surface area contributed by atoms with Crippen molar-refractivity contribution in [2.45, 2.75) is 20.8 Å². The van der Waals surface area contributed by atoms with Crippen molar-refractivity contribution in [1.82, 2.24) is 0 Å². The Balaban J connectivity index is 4.51. The molecule has 0 rings (SSSR count). The summed E-state index contributed by atoms with van der Waals surface area (Å²) in [6.07, 6.45) is 2.46. The molecule has 16 heavy (non-hydrogen) atoms. The molecule has 0 saturated heterocycles. The zero-order valence-corrected chi connectivity index (χ0v) is 9.78. The van der Waals surface area contributed by atoms with Gasteiger partial charge in [0, 0.05) is 11.8 Å². The summed E-state index contributed by atoms with van der Waals surface area (Å²) in [7, 11) is 0. The highest BCUT2D eigenvalue weighted by Gasteiger charge is 2.19. The van der Waals surface area contributed by atoms with Crippen LogP contribution in [0.2, 0.25) is 0 Å². The molecular formula is C11H17NO4. The molecule has 90 valence electrons. The standard InChI is InChI=1S/C11H17NO4/c1-4-15-10(13)7-6-9(8(3)12)11(14)16-5-2/h6-7,9,12H,4-5H2,1-3H3. The van der Waals surface area contributed by atoms with Crippen LogP contribution in [0.15, 0.2) is 12.2 Å². The predicted molar refractivity (Wildman–Crippen MR) is 59.3 cm³/mol. The van der Waals surface area contributed by atoms with Crippen LogP contribution in [-0.4, -0.2) is 30.9 Å². The van der Waals surface area contributed by atoms with Crippen LogP contribution >= 0.6 is 0 Å². The van der Waals surface area contributed by atoms with E-state index in [1.54, 1.807) is 13.8 Å². The minimum absolute atomic E-state index is 0.124. The van der Waals surface area contributed by atoms with E-state index in [0.29, 0.717) is 0 Å². The first-order chi connectivity index (χ1) is 7.52. The second-order valence-electron chi connectivity index (χ2n) is 3.02. The smallest absolute Gasteiger partial charge is 0.330 e. The molecule has 1 N–H and O–H groups in total. The zero-order chi connectivity index (χ0) is 12.6. The Hall–Kier alpha value is -1.65. The maximum atomic E-state index is 11.4. The quantitative estimate of drug-likeness (QED) is 0.422. The van der Waals surface area contributed by atoms with E-state index in [9.17, 15) is 9.59 Å². The first-order valence-corrected chi connectivity index (χ1v) is 5.09. The third kappa shape index (κ3) is 5.29. The van der Waals surface area contributed by atoms with Crippen LogP contribution in [0.3, 0.4) is 0 Å². The van der Waals surface area contributed by atoms with Gasteiger partial charge in [-0.25, -0.2) is 4.79 Å². The second kappa shape index (κ2) is 7.62. The molecule has 0 aromatic carbocycles. The van der Waals surface area contributed by atoms with Crippen molar-refractivity contribution in [1.29, 1.82) is 5.41 Å². The molecular weight excluding hydrogens is 210 g/mol. The van der Waals surface area contributed by atoms with Crippen LogP contribution in [0.5, 0.6) is 0 Å². The van der Waals surface area contributed by atoms with Crippen LogP contribution < -0.4 is 0 Å². The number of hydrogen-bond donors (Lipinski definition) is 1. The van der Waals surface area contributed by atoms with Gasteiger partial charge in [0.25, 0.3) is 0 Å². The fraction of sp³-hybridized carbons (Fsp3) is 0.545. The van der Waals surface area contributed by atoms with Crippen LogP contribution in [0.4, 0.5) is 0 Å². The maximum absolute atomic E-state index is 11.4. The number of ether oxygens (including phenoxy) is 2. The molecule has 0 bridgehead atoms. The summed E-state index contributed by atoms with van der Waals surface area (Å²) in [5, 5.41) is 7.40. The molecule has 0 aromatic rings. The van der Waals surface area contributed by atoms with Crippen molar-refractivity contribution >= 4 is 17.7 Å². The largest absolute Gasteiger partial charge is 0.465 e. The molecule has 0 radical (unpaired) electrons. The number of carbonyl (C=O) groups excluding carboxylic acids is 2. The van der Waals surface area contributed by atoms with E-state index < -0.39 is 17.9 Å². The molecule has 5 nitrogen and oxygen atoms in total. The lowest BCUT2D eigenvalue weighted by molar-refractivity contribution is -0.144. The van der Waals surface area contributed by atoms with Crippen LogP contribution in [-0.2, 0) is 19.1 Å². The molecule has 0 fully saturated rings. The van der Waals surface area contributed by atoms with Crippen LogP contribution in [0.1, 0.15) is 20.8 Å². The van der Waals surface area contributed by atoms with E-state index in [2.05, 4.69) is 4.74 Å². The molecule has 1 unspecified atom stereocenters. The van der Waals surface area contributed by atoms with Gasteiger partial charge in [-0.2, -0.15) is 0 Å². The van der Waals surface area contributed by atoms with Gasteiger partial charge < -0.3 is 14.9 Å². The molecule has 0 amide bonds. The lowest BCUT2D eigenvalue weighted by Crippen LogP contribution is -2.22. The Morgan fingerprint density at radius 2 is 1.81 bits per heavy atom. The number of rotatable bonds is 6. The minimum Gasteiger partial charge on any atom is -0.465 e. The van der Waals surface area contributed by atoms with Crippen molar-refractivity contribution < 1.29 is 19.1 Å². The predicted octanol–water partition coefficient (Wildman–Crippen LogP) is 1.32. The zero-order valence-electron chi connectivity index (χ0n) is 9.78. The normalized spacial score (nSPS) is 12.2. The number of hydrogen-bond acceptors (Lipinski definition) is 5. The highest BCUT2D eigenvalue weighted by atomic mass is 16.5. The summed E-state index contributed by atoms with van der Waals surface area (Å²) in [4.78, 5) is 22.4. The molecule has 0 aliphatic rings. The molecule has 5 heteroatoms. The van der Waals surface area contributed by atoms with Gasteiger partial charge in [-0.05, 0) is 20.8 Å². The second-order valence-corrected chi connectivity index (χ2v) is 3.02. The molecule has 1 atom stereocenters. The summed E-state index contributed by atoms with van der Waals surface area (Å²) < 4.78 is 9.44. The number of esters is 2. The first kappa shape index (κ1) is 14.3. The van der Waals surface area contributed by atoms with Crippen LogP contribution in [0, 0.1) is 11.3 Å². The Labute approximate surface area is 94.9 Å².